The van der Waals surface area contributed by atoms with Crippen molar-refractivity contribution in [2.45, 2.75) is 0 Å². The topological polar surface area (TPSA) is 109 Å². The zero-order valence-electron chi connectivity index (χ0n) is 20.9. The molecule has 0 radical (unpaired) electrons. The van der Waals surface area contributed by atoms with Crippen molar-refractivity contribution in [3.05, 3.63) is 132 Å². The van der Waals surface area contributed by atoms with Crippen LogP contribution in [0.2, 0.25) is 0 Å². The molecule has 0 saturated heterocycles. The molecule has 0 atom stereocenters. The highest BCUT2D eigenvalue weighted by molar-refractivity contribution is 6.29. The first kappa shape index (κ1) is 25.9. The van der Waals surface area contributed by atoms with E-state index in [4.69, 9.17) is 0 Å². The van der Waals surface area contributed by atoms with Crippen molar-refractivity contribution >= 4 is 58.7 Å². The number of rotatable bonds is 8. The molecule has 40 heavy (non-hydrogen) atoms. The lowest BCUT2D eigenvalue weighted by atomic mass is 10.1. The van der Waals surface area contributed by atoms with Gasteiger partial charge in [0.25, 0.3) is 23.6 Å². The van der Waals surface area contributed by atoms with Crippen LogP contribution in [0.3, 0.4) is 0 Å². The minimum Gasteiger partial charge on any atom is -0.289 e. The molecule has 2 heterocycles. The van der Waals surface area contributed by atoms with Gasteiger partial charge in [0.1, 0.15) is 0 Å². The van der Waals surface area contributed by atoms with Gasteiger partial charge >= 0.3 is 0 Å². The van der Waals surface area contributed by atoms with E-state index in [0.29, 0.717) is 22.5 Å². The van der Waals surface area contributed by atoms with E-state index in [0.717, 1.165) is 20.9 Å². The molecule has 0 bridgehead atoms. The van der Waals surface area contributed by atoms with Crippen LogP contribution in [0, 0.1) is 0 Å². The first-order valence-corrected chi connectivity index (χ1v) is 12.2. The summed E-state index contributed by atoms with van der Waals surface area (Å²) in [6.45, 7) is 0. The Labute approximate surface area is 228 Å². The molecule has 8 heteroatoms. The minimum atomic E-state index is -0.456. The number of benzene rings is 3. The van der Waals surface area contributed by atoms with Crippen molar-refractivity contribution in [1.29, 1.82) is 0 Å². The maximum atomic E-state index is 12.7. The van der Waals surface area contributed by atoms with Crippen molar-refractivity contribution in [3.8, 4) is 0 Å². The number of ketones is 2. The van der Waals surface area contributed by atoms with Crippen molar-refractivity contribution in [1.82, 2.24) is 0 Å². The molecule has 8 nitrogen and oxygen atoms in total. The molecular formula is C32H20N2O6. The van der Waals surface area contributed by atoms with E-state index < -0.39 is 23.6 Å². The van der Waals surface area contributed by atoms with E-state index in [1.807, 2.05) is 0 Å². The summed E-state index contributed by atoms with van der Waals surface area (Å²) in [6.07, 6.45) is 10.8. The standard InChI is InChI=1S/C32H20N2O6/c35-27(23-3-1-5-25(19-23)33-29(37)15-16-30(33)38)13-11-21-7-9-22(10-8-21)12-14-28(36)24-4-2-6-26(20-24)34-31(39)17-18-32(34)40/h1-20H/b13-11+,14-12+. The largest absolute Gasteiger partial charge is 0.289 e. The zero-order valence-corrected chi connectivity index (χ0v) is 20.9. The first-order valence-electron chi connectivity index (χ1n) is 12.2. The van der Waals surface area contributed by atoms with Crippen molar-refractivity contribution in [2.24, 2.45) is 0 Å². The second-order valence-electron chi connectivity index (χ2n) is 8.85. The Kier molecular flexibility index (Phi) is 7.07. The van der Waals surface area contributed by atoms with Crippen molar-refractivity contribution < 1.29 is 28.8 Å². The monoisotopic (exact) mass is 528 g/mol. The van der Waals surface area contributed by atoms with Gasteiger partial charge in [-0.1, -0.05) is 60.7 Å². The highest BCUT2D eigenvalue weighted by Gasteiger charge is 2.26. The van der Waals surface area contributed by atoms with Gasteiger partial charge in [0.05, 0.1) is 11.4 Å². The van der Waals surface area contributed by atoms with Crippen molar-refractivity contribution in [3.63, 3.8) is 0 Å². The number of carbonyl (C=O) groups is 6. The molecule has 0 unspecified atom stereocenters. The first-order chi connectivity index (χ1) is 19.3. The number of allylic oxidation sites excluding steroid dienone is 2. The van der Waals surface area contributed by atoms with Gasteiger partial charge in [-0.25, -0.2) is 9.80 Å². The molecule has 3 aromatic carbocycles. The molecule has 3 aromatic rings. The highest BCUT2D eigenvalue weighted by atomic mass is 16.2. The molecule has 4 amide bonds. The van der Waals surface area contributed by atoms with Gasteiger partial charge in [-0.2, -0.15) is 0 Å². The fourth-order valence-electron chi connectivity index (χ4n) is 4.16. The number of carbonyl (C=O) groups excluding carboxylic acids is 6. The smallest absolute Gasteiger partial charge is 0.258 e. The second-order valence-corrected chi connectivity index (χ2v) is 8.85. The Morgan fingerprint density at radius 3 is 1.20 bits per heavy atom. The van der Waals surface area contributed by atoms with E-state index in [2.05, 4.69) is 0 Å². The third-order valence-corrected chi connectivity index (χ3v) is 6.19. The van der Waals surface area contributed by atoms with Crippen LogP contribution >= 0.6 is 0 Å². The predicted octanol–water partition coefficient (Wildman–Crippen LogP) is 4.34. The number of nitrogens with zero attached hydrogens (tertiary/aromatic N) is 2. The van der Waals surface area contributed by atoms with E-state index in [1.54, 1.807) is 72.8 Å². The normalized spacial score (nSPS) is 14.9. The fourth-order valence-corrected chi connectivity index (χ4v) is 4.16. The van der Waals surface area contributed by atoms with Crippen LogP contribution in [0.25, 0.3) is 12.2 Å². The summed E-state index contributed by atoms with van der Waals surface area (Å²) >= 11 is 0. The molecule has 194 valence electrons. The fraction of sp³-hybridized carbons (Fsp3) is 0. The van der Waals surface area contributed by atoms with Gasteiger partial charge in [-0.3, -0.25) is 28.8 Å². The van der Waals surface area contributed by atoms with Gasteiger partial charge in [-0.05, 0) is 47.5 Å². The molecule has 0 N–H and O–H groups in total. The van der Waals surface area contributed by atoms with Crippen molar-refractivity contribution in [2.75, 3.05) is 9.80 Å². The quantitative estimate of drug-likeness (QED) is 0.245. The molecule has 0 aromatic heterocycles. The van der Waals surface area contributed by atoms with Gasteiger partial charge in [-0.15, -0.1) is 0 Å². The molecule has 0 spiro atoms. The average Bonchev–Trinajstić information content (AvgIpc) is 3.49. The Morgan fingerprint density at radius 2 is 0.850 bits per heavy atom. The van der Waals surface area contributed by atoms with E-state index in [-0.39, 0.29) is 11.6 Å². The van der Waals surface area contributed by atoms with E-state index in [1.165, 1.54) is 48.6 Å². The Morgan fingerprint density at radius 1 is 0.500 bits per heavy atom. The van der Waals surface area contributed by atoms with Gasteiger partial charge in [0, 0.05) is 35.4 Å². The molecule has 2 aliphatic heterocycles. The minimum absolute atomic E-state index is 0.293. The Bertz CT molecular complexity index is 1550. The Hall–Kier alpha value is -5.76. The summed E-state index contributed by atoms with van der Waals surface area (Å²) in [5, 5.41) is 0. The van der Waals surface area contributed by atoms with Gasteiger partial charge in [0.2, 0.25) is 0 Å². The molecule has 0 saturated carbocycles. The molecule has 0 fully saturated rings. The summed E-state index contributed by atoms with van der Waals surface area (Å²) in [5.41, 5.74) is 2.82. The number of hydrogen-bond acceptors (Lipinski definition) is 6. The van der Waals surface area contributed by atoms with Crippen LogP contribution in [-0.2, 0) is 19.2 Å². The number of imide groups is 2. The lowest BCUT2D eigenvalue weighted by molar-refractivity contribution is -0.121. The zero-order chi connectivity index (χ0) is 28.2. The number of amides is 4. The number of hydrogen-bond donors (Lipinski definition) is 0. The lowest BCUT2D eigenvalue weighted by Crippen LogP contribution is -2.29. The van der Waals surface area contributed by atoms with Crippen LogP contribution in [0.15, 0.2) is 109 Å². The van der Waals surface area contributed by atoms with E-state index in [9.17, 15) is 28.8 Å². The maximum absolute atomic E-state index is 12.7. The highest BCUT2D eigenvalue weighted by Crippen LogP contribution is 2.22. The SMILES string of the molecule is O=C(/C=C/c1ccc(/C=C/C(=O)c2cccc(N3C(=O)C=CC3=O)c2)cc1)c1cccc(N2C(=O)C=CC2=O)c1. The summed E-state index contributed by atoms with van der Waals surface area (Å²) in [5.74, 6) is -2.41. The van der Waals surface area contributed by atoms with Crippen LogP contribution in [0.5, 0.6) is 0 Å². The lowest BCUT2D eigenvalue weighted by Gasteiger charge is -2.14. The third-order valence-electron chi connectivity index (χ3n) is 6.19. The molecule has 2 aliphatic rings. The molecular weight excluding hydrogens is 508 g/mol. The molecule has 5 rings (SSSR count). The van der Waals surface area contributed by atoms with Crippen LogP contribution in [0.4, 0.5) is 11.4 Å². The summed E-state index contributed by atoms with van der Waals surface area (Å²) in [6, 6.07) is 19.7. The Balaban J connectivity index is 1.22. The van der Waals surface area contributed by atoms with Crippen LogP contribution < -0.4 is 9.80 Å². The summed E-state index contributed by atoms with van der Waals surface area (Å²) in [4.78, 5) is 75.0. The summed E-state index contributed by atoms with van der Waals surface area (Å²) < 4.78 is 0. The number of anilines is 2. The van der Waals surface area contributed by atoms with Crippen LogP contribution in [0.1, 0.15) is 31.8 Å². The van der Waals surface area contributed by atoms with Gasteiger partial charge < -0.3 is 0 Å². The second kappa shape index (κ2) is 10.9. The predicted molar refractivity (Wildman–Crippen MR) is 149 cm³/mol. The summed E-state index contributed by atoms with van der Waals surface area (Å²) in [7, 11) is 0. The maximum Gasteiger partial charge on any atom is 0.258 e. The van der Waals surface area contributed by atoms with E-state index >= 15 is 0 Å². The van der Waals surface area contributed by atoms with Crippen LogP contribution in [-0.4, -0.2) is 35.2 Å². The average molecular weight is 529 g/mol. The van der Waals surface area contributed by atoms with Gasteiger partial charge in [0.15, 0.2) is 11.6 Å². The molecule has 0 aliphatic carbocycles. The third kappa shape index (κ3) is 5.41.